The van der Waals surface area contributed by atoms with Crippen molar-refractivity contribution in [2.45, 2.75) is 37.7 Å². The van der Waals surface area contributed by atoms with Gasteiger partial charge in [-0.15, -0.1) is 10.2 Å². The number of nitrogens with zero attached hydrogens (tertiary/aromatic N) is 4. The van der Waals surface area contributed by atoms with E-state index in [2.05, 4.69) is 54.9 Å². The van der Waals surface area contributed by atoms with Gasteiger partial charge in [0, 0.05) is 12.3 Å². The summed E-state index contributed by atoms with van der Waals surface area (Å²) in [5.74, 6) is 1.89. The van der Waals surface area contributed by atoms with Crippen LogP contribution in [0.25, 0.3) is 22.8 Å². The van der Waals surface area contributed by atoms with E-state index in [9.17, 15) is 4.79 Å². The Hall–Kier alpha value is -2.86. The van der Waals surface area contributed by atoms with Gasteiger partial charge in [0.2, 0.25) is 5.78 Å². The Bertz CT molecular complexity index is 1220. The fourth-order valence-electron chi connectivity index (χ4n) is 3.31. The van der Waals surface area contributed by atoms with Gasteiger partial charge in [-0.2, -0.15) is 0 Å². The van der Waals surface area contributed by atoms with E-state index in [1.165, 1.54) is 5.56 Å². The molecule has 2 heterocycles. The summed E-state index contributed by atoms with van der Waals surface area (Å²) in [7, 11) is 0. The van der Waals surface area contributed by atoms with Gasteiger partial charge in [0.1, 0.15) is 0 Å². The number of hydrogen-bond donors (Lipinski definition) is 0. The summed E-state index contributed by atoms with van der Waals surface area (Å²) in [5, 5.41) is 10.3. The molecule has 6 heteroatoms. The van der Waals surface area contributed by atoms with Gasteiger partial charge >= 0.3 is 0 Å². The fourth-order valence-corrected chi connectivity index (χ4v) is 4.21. The highest BCUT2D eigenvalue weighted by Crippen LogP contribution is 2.25. The van der Waals surface area contributed by atoms with Crippen LogP contribution in [0.3, 0.4) is 0 Å². The SMILES string of the molecule is C=Cc1ccc(CSc2nnc3n(CCC(C)C)c(=O)c4ccccc4n23)cc1. The first-order valence-electron chi connectivity index (χ1n) is 9.79. The smallest absolute Gasteiger partial charge is 0.262 e. The van der Waals surface area contributed by atoms with Gasteiger partial charge in [-0.1, -0.05) is 74.7 Å². The van der Waals surface area contributed by atoms with Gasteiger partial charge in [-0.3, -0.25) is 13.8 Å². The quantitative estimate of drug-likeness (QED) is 0.406. The van der Waals surface area contributed by atoms with Crippen LogP contribution >= 0.6 is 11.8 Å². The molecule has 0 bridgehead atoms. The second kappa shape index (κ2) is 8.25. The van der Waals surface area contributed by atoms with E-state index >= 15 is 0 Å². The maximum atomic E-state index is 13.1. The Balaban J connectivity index is 1.77. The minimum absolute atomic E-state index is 0.00212. The predicted molar refractivity (Wildman–Crippen MR) is 120 cm³/mol. The van der Waals surface area contributed by atoms with Crippen molar-refractivity contribution < 1.29 is 0 Å². The van der Waals surface area contributed by atoms with Crippen LogP contribution in [0.4, 0.5) is 0 Å². The number of thioether (sulfide) groups is 1. The summed E-state index contributed by atoms with van der Waals surface area (Å²) < 4.78 is 3.78. The van der Waals surface area contributed by atoms with E-state index < -0.39 is 0 Å². The lowest BCUT2D eigenvalue weighted by Crippen LogP contribution is -2.24. The Labute approximate surface area is 174 Å². The lowest BCUT2D eigenvalue weighted by atomic mass is 10.1. The summed E-state index contributed by atoms with van der Waals surface area (Å²) in [6.07, 6.45) is 2.75. The van der Waals surface area contributed by atoms with E-state index in [1.807, 2.05) is 34.7 Å². The Morgan fingerprint density at radius 3 is 2.59 bits per heavy atom. The number of hydrogen-bond acceptors (Lipinski definition) is 4. The third-order valence-electron chi connectivity index (χ3n) is 4.99. The molecular weight excluding hydrogens is 380 g/mol. The Kier molecular flexibility index (Phi) is 5.53. The molecule has 0 spiro atoms. The van der Waals surface area contributed by atoms with Crippen molar-refractivity contribution in [3.63, 3.8) is 0 Å². The number of para-hydroxylation sites is 1. The normalized spacial score (nSPS) is 11.6. The molecule has 0 saturated heterocycles. The van der Waals surface area contributed by atoms with Gasteiger partial charge < -0.3 is 0 Å². The number of aromatic nitrogens is 4. The molecular formula is C23H24N4OS. The first-order valence-corrected chi connectivity index (χ1v) is 10.8. The fraction of sp³-hybridized carbons (Fsp3) is 0.261. The molecule has 0 N–H and O–H groups in total. The topological polar surface area (TPSA) is 52.2 Å². The molecule has 0 fully saturated rings. The zero-order valence-electron chi connectivity index (χ0n) is 16.7. The van der Waals surface area contributed by atoms with Crippen molar-refractivity contribution >= 4 is 34.5 Å². The maximum Gasteiger partial charge on any atom is 0.262 e. The largest absolute Gasteiger partial charge is 0.276 e. The van der Waals surface area contributed by atoms with Crippen LogP contribution in [0.2, 0.25) is 0 Å². The van der Waals surface area contributed by atoms with Crippen molar-refractivity contribution in [2.75, 3.05) is 0 Å². The van der Waals surface area contributed by atoms with E-state index in [0.717, 1.165) is 28.4 Å². The molecule has 0 aliphatic rings. The number of benzene rings is 2. The van der Waals surface area contributed by atoms with Crippen LogP contribution in [0, 0.1) is 5.92 Å². The number of fused-ring (bicyclic) bond motifs is 3. The predicted octanol–water partition coefficient (Wildman–Crippen LogP) is 5.03. The molecule has 148 valence electrons. The lowest BCUT2D eigenvalue weighted by molar-refractivity contribution is 0.512. The first-order chi connectivity index (χ1) is 14.1. The second-order valence-electron chi connectivity index (χ2n) is 7.51. The highest BCUT2D eigenvalue weighted by Gasteiger charge is 2.17. The van der Waals surface area contributed by atoms with E-state index in [4.69, 9.17) is 0 Å². The molecule has 0 unspecified atom stereocenters. The van der Waals surface area contributed by atoms with Crippen LogP contribution in [-0.2, 0) is 12.3 Å². The minimum Gasteiger partial charge on any atom is -0.276 e. The van der Waals surface area contributed by atoms with Crippen LogP contribution in [0.1, 0.15) is 31.4 Å². The summed E-state index contributed by atoms with van der Waals surface area (Å²) in [5.41, 5.74) is 3.15. The highest BCUT2D eigenvalue weighted by molar-refractivity contribution is 7.98. The van der Waals surface area contributed by atoms with Crippen LogP contribution < -0.4 is 5.56 Å². The van der Waals surface area contributed by atoms with Crippen molar-refractivity contribution in [3.05, 3.63) is 76.6 Å². The molecule has 29 heavy (non-hydrogen) atoms. The van der Waals surface area contributed by atoms with Crippen molar-refractivity contribution in [2.24, 2.45) is 5.92 Å². The highest BCUT2D eigenvalue weighted by atomic mass is 32.2. The molecule has 0 aliphatic carbocycles. The molecule has 2 aromatic carbocycles. The van der Waals surface area contributed by atoms with Crippen LogP contribution in [0.5, 0.6) is 0 Å². The Morgan fingerprint density at radius 2 is 1.86 bits per heavy atom. The van der Waals surface area contributed by atoms with Crippen LogP contribution in [0.15, 0.2) is 65.1 Å². The van der Waals surface area contributed by atoms with Crippen molar-refractivity contribution in [1.29, 1.82) is 0 Å². The third-order valence-corrected chi connectivity index (χ3v) is 5.99. The molecule has 5 nitrogen and oxygen atoms in total. The molecule has 0 radical (unpaired) electrons. The van der Waals surface area contributed by atoms with E-state index in [-0.39, 0.29) is 5.56 Å². The molecule has 0 atom stereocenters. The summed E-state index contributed by atoms with van der Waals surface area (Å²) in [6.45, 7) is 8.75. The third kappa shape index (κ3) is 3.85. The molecule has 4 rings (SSSR count). The minimum atomic E-state index is -0.00212. The van der Waals surface area contributed by atoms with Crippen molar-refractivity contribution in [3.8, 4) is 0 Å². The van der Waals surface area contributed by atoms with Crippen molar-refractivity contribution in [1.82, 2.24) is 19.2 Å². The lowest BCUT2D eigenvalue weighted by Gasteiger charge is -2.12. The molecule has 0 saturated carbocycles. The average Bonchev–Trinajstić information content (AvgIpc) is 3.16. The summed E-state index contributed by atoms with van der Waals surface area (Å²) in [6, 6.07) is 16.0. The van der Waals surface area contributed by atoms with E-state index in [1.54, 1.807) is 16.3 Å². The summed E-state index contributed by atoms with van der Waals surface area (Å²) >= 11 is 1.63. The monoisotopic (exact) mass is 404 g/mol. The second-order valence-corrected chi connectivity index (χ2v) is 8.45. The van der Waals surface area contributed by atoms with Crippen LogP contribution in [-0.4, -0.2) is 19.2 Å². The first kappa shape index (κ1) is 19.5. The average molecular weight is 405 g/mol. The molecule has 0 amide bonds. The molecule has 4 aromatic rings. The maximum absolute atomic E-state index is 13.1. The number of rotatable bonds is 7. The molecule has 2 aromatic heterocycles. The van der Waals surface area contributed by atoms with Gasteiger partial charge in [-0.25, -0.2) is 0 Å². The zero-order chi connectivity index (χ0) is 20.4. The van der Waals surface area contributed by atoms with Gasteiger partial charge in [0.25, 0.3) is 5.56 Å². The van der Waals surface area contributed by atoms with Gasteiger partial charge in [0.15, 0.2) is 5.16 Å². The van der Waals surface area contributed by atoms with E-state index in [0.29, 0.717) is 23.6 Å². The standard InChI is InChI=1S/C23H24N4OS/c1-4-17-9-11-18(12-10-17)15-29-23-25-24-22-26(14-13-16(2)3)21(28)19-7-5-6-8-20(19)27(22)23/h4-12,16H,1,13-15H2,2-3H3. The number of aryl methyl sites for hydroxylation is 1. The summed E-state index contributed by atoms with van der Waals surface area (Å²) in [4.78, 5) is 13.1. The molecule has 0 aliphatic heterocycles. The zero-order valence-corrected chi connectivity index (χ0v) is 17.5. The van der Waals surface area contributed by atoms with Gasteiger partial charge in [0.05, 0.1) is 10.9 Å². The van der Waals surface area contributed by atoms with Gasteiger partial charge in [-0.05, 0) is 35.6 Å². The Morgan fingerprint density at radius 1 is 1.10 bits per heavy atom.